The zero-order valence-electron chi connectivity index (χ0n) is 9.59. The maximum atomic E-state index is 11.9. The molecular formula is C10H19N3O2S. The Kier molecular flexibility index (Phi) is 5.62. The van der Waals surface area contributed by atoms with Crippen LogP contribution in [0.1, 0.15) is 6.42 Å². The van der Waals surface area contributed by atoms with Gasteiger partial charge in [-0.3, -0.25) is 9.59 Å². The van der Waals surface area contributed by atoms with Gasteiger partial charge in [0.15, 0.2) is 0 Å². The summed E-state index contributed by atoms with van der Waals surface area (Å²) in [5.74, 6) is 0.917. The molecule has 0 aromatic rings. The molecule has 0 aromatic heterocycles. The Bertz CT molecular complexity index is 242. The number of carbonyl (C=O) groups is 2. The highest BCUT2D eigenvalue weighted by atomic mass is 32.2. The Hall–Kier alpha value is -0.750. The van der Waals surface area contributed by atoms with Crippen molar-refractivity contribution in [1.29, 1.82) is 0 Å². The molecule has 2 N–H and O–H groups in total. The molecule has 2 amide bonds. The Labute approximate surface area is 100 Å². The average Bonchev–Trinajstić information content (AvgIpc) is 2.35. The molecule has 0 unspecified atom stereocenters. The molecule has 0 spiro atoms. The summed E-state index contributed by atoms with van der Waals surface area (Å²) in [7, 11) is 0. The molecule has 1 atom stereocenters. The van der Waals surface area contributed by atoms with Crippen LogP contribution >= 0.6 is 11.8 Å². The third-order valence-corrected chi connectivity index (χ3v) is 3.37. The van der Waals surface area contributed by atoms with Crippen LogP contribution in [0.15, 0.2) is 0 Å². The van der Waals surface area contributed by atoms with Gasteiger partial charge in [-0.2, -0.15) is 11.8 Å². The van der Waals surface area contributed by atoms with Gasteiger partial charge in [-0.25, -0.2) is 0 Å². The minimum atomic E-state index is -0.393. The van der Waals surface area contributed by atoms with E-state index in [1.54, 1.807) is 21.6 Å². The molecule has 92 valence electrons. The fourth-order valence-electron chi connectivity index (χ4n) is 1.65. The number of piperazine rings is 1. The predicted octanol–water partition coefficient (Wildman–Crippen LogP) is -0.633. The first-order valence-corrected chi connectivity index (χ1v) is 6.81. The van der Waals surface area contributed by atoms with E-state index in [4.69, 9.17) is 5.73 Å². The van der Waals surface area contributed by atoms with Gasteiger partial charge in [0.1, 0.15) is 0 Å². The summed E-state index contributed by atoms with van der Waals surface area (Å²) in [6.07, 6.45) is 3.55. The van der Waals surface area contributed by atoms with Gasteiger partial charge < -0.3 is 15.5 Å². The third kappa shape index (κ3) is 3.68. The molecule has 1 aliphatic rings. The molecular weight excluding hydrogens is 226 g/mol. The summed E-state index contributed by atoms with van der Waals surface area (Å²) in [5, 5.41) is 0. The van der Waals surface area contributed by atoms with Crippen molar-refractivity contribution in [3.63, 3.8) is 0 Å². The molecule has 1 heterocycles. The maximum Gasteiger partial charge on any atom is 0.239 e. The lowest BCUT2D eigenvalue weighted by Gasteiger charge is -2.33. The van der Waals surface area contributed by atoms with E-state index in [1.807, 2.05) is 6.26 Å². The number of rotatable bonds is 5. The van der Waals surface area contributed by atoms with E-state index in [2.05, 4.69) is 0 Å². The lowest BCUT2D eigenvalue weighted by Crippen LogP contribution is -2.52. The highest BCUT2D eigenvalue weighted by molar-refractivity contribution is 7.98. The van der Waals surface area contributed by atoms with E-state index < -0.39 is 6.04 Å². The van der Waals surface area contributed by atoms with Crippen LogP contribution in [-0.2, 0) is 9.59 Å². The van der Waals surface area contributed by atoms with E-state index in [-0.39, 0.29) is 5.91 Å². The number of nitrogens with zero attached hydrogens (tertiary/aromatic N) is 2. The number of hydrogen-bond acceptors (Lipinski definition) is 4. The van der Waals surface area contributed by atoms with Crippen molar-refractivity contribution in [3.8, 4) is 0 Å². The molecule has 1 aliphatic heterocycles. The third-order valence-electron chi connectivity index (χ3n) is 2.73. The van der Waals surface area contributed by atoms with E-state index >= 15 is 0 Å². The summed E-state index contributed by atoms with van der Waals surface area (Å²) in [6.45, 7) is 2.43. The SMILES string of the molecule is CSCC[C@H](N)C(=O)N1CCN(C=O)CC1. The molecule has 1 fully saturated rings. The quantitative estimate of drug-likeness (QED) is 0.655. The molecule has 1 rings (SSSR count). The van der Waals surface area contributed by atoms with Crippen LogP contribution in [0.3, 0.4) is 0 Å². The molecule has 0 aliphatic carbocycles. The van der Waals surface area contributed by atoms with E-state index in [1.165, 1.54) is 0 Å². The van der Waals surface area contributed by atoms with E-state index in [9.17, 15) is 9.59 Å². The van der Waals surface area contributed by atoms with E-state index in [0.29, 0.717) is 32.6 Å². The minimum Gasteiger partial charge on any atom is -0.342 e. The first-order valence-electron chi connectivity index (χ1n) is 5.41. The highest BCUT2D eigenvalue weighted by Gasteiger charge is 2.24. The summed E-state index contributed by atoms with van der Waals surface area (Å²) in [6, 6.07) is -0.393. The van der Waals surface area contributed by atoms with Crippen LogP contribution < -0.4 is 5.73 Å². The monoisotopic (exact) mass is 245 g/mol. The zero-order valence-corrected chi connectivity index (χ0v) is 10.4. The number of hydrogen-bond donors (Lipinski definition) is 1. The molecule has 5 nitrogen and oxygen atoms in total. The molecule has 16 heavy (non-hydrogen) atoms. The standard InChI is InChI=1S/C10H19N3O2S/c1-16-7-2-9(11)10(15)13-5-3-12(8-14)4-6-13/h8-9H,2-7,11H2,1H3/t9-/m0/s1. The van der Waals surface area contributed by atoms with Crippen LogP contribution in [0.4, 0.5) is 0 Å². The highest BCUT2D eigenvalue weighted by Crippen LogP contribution is 2.05. The Balaban J connectivity index is 2.34. The van der Waals surface area contributed by atoms with Gasteiger partial charge in [-0.05, 0) is 18.4 Å². The lowest BCUT2D eigenvalue weighted by atomic mass is 10.2. The first-order chi connectivity index (χ1) is 7.69. The second-order valence-corrected chi connectivity index (χ2v) is 4.84. The Morgan fingerprint density at radius 3 is 2.56 bits per heavy atom. The second-order valence-electron chi connectivity index (χ2n) is 3.85. The predicted molar refractivity (Wildman–Crippen MR) is 65.2 cm³/mol. The normalized spacial score (nSPS) is 18.4. The number of carbonyl (C=O) groups excluding carboxylic acids is 2. The number of amides is 2. The van der Waals surface area contributed by atoms with Crippen LogP contribution in [0.25, 0.3) is 0 Å². The van der Waals surface area contributed by atoms with Crippen molar-refractivity contribution in [2.45, 2.75) is 12.5 Å². The number of nitrogens with two attached hydrogens (primary N) is 1. The fourth-order valence-corrected chi connectivity index (χ4v) is 2.14. The van der Waals surface area contributed by atoms with Crippen molar-refractivity contribution in [1.82, 2.24) is 9.80 Å². The molecule has 0 aromatic carbocycles. The minimum absolute atomic E-state index is 0.0135. The van der Waals surface area contributed by atoms with Crippen LogP contribution in [-0.4, -0.2) is 66.3 Å². The fraction of sp³-hybridized carbons (Fsp3) is 0.800. The smallest absolute Gasteiger partial charge is 0.239 e. The summed E-state index contributed by atoms with van der Waals surface area (Å²) in [4.78, 5) is 25.8. The van der Waals surface area contributed by atoms with Crippen molar-refractivity contribution in [2.75, 3.05) is 38.2 Å². The topological polar surface area (TPSA) is 66.6 Å². The van der Waals surface area contributed by atoms with E-state index in [0.717, 1.165) is 12.2 Å². The van der Waals surface area contributed by atoms with Gasteiger partial charge in [0.25, 0.3) is 0 Å². The summed E-state index contributed by atoms with van der Waals surface area (Å²) < 4.78 is 0. The molecule has 0 radical (unpaired) electrons. The molecule has 0 saturated carbocycles. The zero-order chi connectivity index (χ0) is 12.0. The van der Waals surface area contributed by atoms with Gasteiger partial charge >= 0.3 is 0 Å². The van der Waals surface area contributed by atoms with Crippen molar-refractivity contribution < 1.29 is 9.59 Å². The Morgan fingerprint density at radius 2 is 2.06 bits per heavy atom. The van der Waals surface area contributed by atoms with Crippen LogP contribution in [0.5, 0.6) is 0 Å². The van der Waals surface area contributed by atoms with Crippen molar-refractivity contribution in [3.05, 3.63) is 0 Å². The van der Waals surface area contributed by atoms with Crippen molar-refractivity contribution >= 4 is 24.1 Å². The molecule has 0 bridgehead atoms. The van der Waals surface area contributed by atoms with Gasteiger partial charge in [-0.1, -0.05) is 0 Å². The van der Waals surface area contributed by atoms with Gasteiger partial charge in [0.2, 0.25) is 12.3 Å². The Morgan fingerprint density at radius 1 is 1.44 bits per heavy atom. The summed E-state index contributed by atoms with van der Waals surface area (Å²) >= 11 is 1.69. The van der Waals surface area contributed by atoms with Gasteiger partial charge in [-0.15, -0.1) is 0 Å². The van der Waals surface area contributed by atoms with Crippen molar-refractivity contribution in [2.24, 2.45) is 5.73 Å². The first kappa shape index (κ1) is 13.3. The average molecular weight is 245 g/mol. The number of thioether (sulfide) groups is 1. The largest absolute Gasteiger partial charge is 0.342 e. The molecule has 6 heteroatoms. The summed E-state index contributed by atoms with van der Waals surface area (Å²) in [5.41, 5.74) is 5.81. The maximum absolute atomic E-state index is 11.9. The van der Waals surface area contributed by atoms with Gasteiger partial charge in [0, 0.05) is 26.2 Å². The molecule has 1 saturated heterocycles. The van der Waals surface area contributed by atoms with Crippen LogP contribution in [0.2, 0.25) is 0 Å². The second kappa shape index (κ2) is 6.75. The lowest BCUT2D eigenvalue weighted by molar-refractivity contribution is -0.136. The van der Waals surface area contributed by atoms with Gasteiger partial charge in [0.05, 0.1) is 6.04 Å². The van der Waals surface area contributed by atoms with Crippen LogP contribution in [0, 0.1) is 0 Å².